The third-order valence-electron chi connectivity index (χ3n) is 4.86. The molecule has 1 aliphatic heterocycles. The first-order valence-electron chi connectivity index (χ1n) is 9.34. The second-order valence-corrected chi connectivity index (χ2v) is 7.13. The van der Waals surface area contributed by atoms with Crippen molar-refractivity contribution in [2.75, 3.05) is 11.9 Å². The Kier molecular flexibility index (Phi) is 5.91. The number of rotatable bonds is 5. The van der Waals surface area contributed by atoms with Gasteiger partial charge in [0.1, 0.15) is 6.10 Å². The third-order valence-corrected chi connectivity index (χ3v) is 4.86. The number of amides is 2. The summed E-state index contributed by atoms with van der Waals surface area (Å²) in [6.45, 7) is 6.68. The van der Waals surface area contributed by atoms with Crippen LogP contribution in [0.4, 0.5) is 5.69 Å². The molecule has 2 N–H and O–H groups in total. The lowest BCUT2D eigenvalue weighted by molar-refractivity contribution is -0.124. The molecule has 5 heteroatoms. The molecule has 1 heterocycles. The SMILES string of the molecule is Cc1ccc(C)c(C(C)NC(=O)c2cccc(NC(=O)C3CCCO3)c2)c1. The highest BCUT2D eigenvalue weighted by Crippen LogP contribution is 2.20. The Morgan fingerprint density at radius 2 is 1.96 bits per heavy atom. The van der Waals surface area contributed by atoms with E-state index < -0.39 is 6.10 Å². The predicted molar refractivity (Wildman–Crippen MR) is 106 cm³/mol. The van der Waals surface area contributed by atoms with Gasteiger partial charge in [-0.1, -0.05) is 29.8 Å². The zero-order valence-electron chi connectivity index (χ0n) is 16.0. The number of benzene rings is 2. The lowest BCUT2D eigenvalue weighted by Gasteiger charge is -2.18. The van der Waals surface area contributed by atoms with Crippen molar-refractivity contribution in [3.8, 4) is 0 Å². The van der Waals surface area contributed by atoms with Crippen molar-refractivity contribution in [2.24, 2.45) is 0 Å². The molecule has 1 aliphatic rings. The van der Waals surface area contributed by atoms with Crippen molar-refractivity contribution < 1.29 is 14.3 Å². The number of carbonyl (C=O) groups excluding carboxylic acids is 2. The molecule has 142 valence electrons. The molecule has 0 spiro atoms. The van der Waals surface area contributed by atoms with Crippen LogP contribution in [0, 0.1) is 13.8 Å². The van der Waals surface area contributed by atoms with Crippen LogP contribution in [0.3, 0.4) is 0 Å². The second kappa shape index (κ2) is 8.35. The monoisotopic (exact) mass is 366 g/mol. The number of nitrogens with one attached hydrogen (secondary N) is 2. The van der Waals surface area contributed by atoms with E-state index in [9.17, 15) is 9.59 Å². The molecular weight excluding hydrogens is 340 g/mol. The number of anilines is 1. The maximum atomic E-state index is 12.7. The van der Waals surface area contributed by atoms with E-state index >= 15 is 0 Å². The maximum absolute atomic E-state index is 12.7. The topological polar surface area (TPSA) is 67.4 Å². The maximum Gasteiger partial charge on any atom is 0.253 e. The van der Waals surface area contributed by atoms with Gasteiger partial charge in [-0.2, -0.15) is 0 Å². The fourth-order valence-corrected chi connectivity index (χ4v) is 3.33. The summed E-state index contributed by atoms with van der Waals surface area (Å²) < 4.78 is 5.40. The van der Waals surface area contributed by atoms with Gasteiger partial charge in [-0.25, -0.2) is 0 Å². The first-order valence-corrected chi connectivity index (χ1v) is 9.34. The fourth-order valence-electron chi connectivity index (χ4n) is 3.33. The number of hydrogen-bond acceptors (Lipinski definition) is 3. The standard InChI is InChI=1S/C22H26N2O3/c1-14-9-10-15(2)19(12-14)16(3)23-21(25)17-6-4-7-18(13-17)24-22(26)20-8-5-11-27-20/h4,6-7,9-10,12-13,16,20H,5,8,11H2,1-3H3,(H,23,25)(H,24,26). The molecule has 5 nitrogen and oxygen atoms in total. The van der Waals surface area contributed by atoms with E-state index in [1.54, 1.807) is 24.3 Å². The molecule has 0 radical (unpaired) electrons. The van der Waals surface area contributed by atoms with Gasteiger partial charge in [0.15, 0.2) is 0 Å². The molecule has 0 aromatic heterocycles. The lowest BCUT2D eigenvalue weighted by Crippen LogP contribution is -2.28. The van der Waals surface area contributed by atoms with Gasteiger partial charge in [0.2, 0.25) is 0 Å². The molecule has 2 unspecified atom stereocenters. The number of aryl methyl sites for hydroxylation is 2. The van der Waals surface area contributed by atoms with Crippen molar-refractivity contribution in [3.05, 3.63) is 64.7 Å². The van der Waals surface area contributed by atoms with E-state index in [1.807, 2.05) is 20.8 Å². The minimum absolute atomic E-state index is 0.109. The Labute approximate surface area is 160 Å². The van der Waals surface area contributed by atoms with Crippen LogP contribution in [-0.2, 0) is 9.53 Å². The van der Waals surface area contributed by atoms with Crippen molar-refractivity contribution in [2.45, 2.75) is 45.8 Å². The Hall–Kier alpha value is -2.66. The largest absolute Gasteiger partial charge is 0.368 e. The van der Waals surface area contributed by atoms with Crippen LogP contribution in [0.25, 0.3) is 0 Å². The molecule has 0 aliphatic carbocycles. The van der Waals surface area contributed by atoms with Crippen LogP contribution in [0.1, 0.15) is 52.9 Å². The molecule has 1 fully saturated rings. The summed E-state index contributed by atoms with van der Waals surface area (Å²) in [5.41, 5.74) is 4.52. The Morgan fingerprint density at radius 1 is 1.15 bits per heavy atom. The zero-order valence-corrected chi connectivity index (χ0v) is 16.0. The van der Waals surface area contributed by atoms with Crippen LogP contribution < -0.4 is 10.6 Å². The molecular formula is C22H26N2O3. The molecule has 2 atom stereocenters. The minimum Gasteiger partial charge on any atom is -0.368 e. The quantitative estimate of drug-likeness (QED) is 0.843. The molecule has 2 aromatic rings. The highest BCUT2D eigenvalue weighted by molar-refractivity contribution is 5.98. The first-order chi connectivity index (χ1) is 12.9. The van der Waals surface area contributed by atoms with Gasteiger partial charge in [0.05, 0.1) is 6.04 Å². The van der Waals surface area contributed by atoms with Crippen LogP contribution in [-0.4, -0.2) is 24.5 Å². The second-order valence-electron chi connectivity index (χ2n) is 7.13. The van der Waals surface area contributed by atoms with E-state index in [2.05, 4.69) is 28.8 Å². The molecule has 2 amide bonds. The summed E-state index contributed by atoms with van der Waals surface area (Å²) in [7, 11) is 0. The number of ether oxygens (including phenoxy) is 1. The highest BCUT2D eigenvalue weighted by atomic mass is 16.5. The normalized spacial score (nSPS) is 17.4. The number of hydrogen-bond donors (Lipinski definition) is 2. The van der Waals surface area contributed by atoms with E-state index in [0.29, 0.717) is 17.9 Å². The van der Waals surface area contributed by atoms with E-state index in [4.69, 9.17) is 4.74 Å². The van der Waals surface area contributed by atoms with Gasteiger partial charge < -0.3 is 15.4 Å². The van der Waals surface area contributed by atoms with Crippen LogP contribution >= 0.6 is 0 Å². The summed E-state index contributed by atoms with van der Waals surface area (Å²) in [6.07, 6.45) is 1.24. The Morgan fingerprint density at radius 3 is 2.70 bits per heavy atom. The van der Waals surface area contributed by atoms with Gasteiger partial charge in [-0.05, 0) is 62.9 Å². The third kappa shape index (κ3) is 4.74. The average Bonchev–Trinajstić information content (AvgIpc) is 3.18. The molecule has 2 aromatic carbocycles. The zero-order chi connectivity index (χ0) is 19.4. The summed E-state index contributed by atoms with van der Waals surface area (Å²) in [6, 6.07) is 13.1. The van der Waals surface area contributed by atoms with Crippen molar-refractivity contribution in [1.82, 2.24) is 5.32 Å². The number of carbonyl (C=O) groups is 2. The highest BCUT2D eigenvalue weighted by Gasteiger charge is 2.23. The molecule has 27 heavy (non-hydrogen) atoms. The van der Waals surface area contributed by atoms with Crippen molar-refractivity contribution in [1.29, 1.82) is 0 Å². The lowest BCUT2D eigenvalue weighted by atomic mass is 9.99. The van der Waals surface area contributed by atoms with Gasteiger partial charge in [0, 0.05) is 17.9 Å². The van der Waals surface area contributed by atoms with E-state index in [1.165, 1.54) is 0 Å². The van der Waals surface area contributed by atoms with Gasteiger partial charge >= 0.3 is 0 Å². The van der Waals surface area contributed by atoms with Gasteiger partial charge in [0.25, 0.3) is 11.8 Å². The van der Waals surface area contributed by atoms with Gasteiger partial charge in [-0.15, -0.1) is 0 Å². The first kappa shape index (κ1) is 19.1. The summed E-state index contributed by atoms with van der Waals surface area (Å²) in [4.78, 5) is 24.9. The predicted octanol–water partition coefficient (Wildman–Crippen LogP) is 3.91. The molecule has 3 rings (SSSR count). The summed E-state index contributed by atoms with van der Waals surface area (Å²) >= 11 is 0. The minimum atomic E-state index is -0.396. The van der Waals surface area contributed by atoms with Gasteiger partial charge in [-0.3, -0.25) is 9.59 Å². The van der Waals surface area contributed by atoms with Crippen LogP contribution in [0.2, 0.25) is 0 Å². The summed E-state index contributed by atoms with van der Waals surface area (Å²) in [5.74, 6) is -0.328. The van der Waals surface area contributed by atoms with Crippen LogP contribution in [0.5, 0.6) is 0 Å². The molecule has 0 bridgehead atoms. The molecule has 1 saturated heterocycles. The Balaban J connectivity index is 1.67. The fraction of sp³-hybridized carbons (Fsp3) is 0.364. The van der Waals surface area contributed by atoms with Crippen molar-refractivity contribution in [3.63, 3.8) is 0 Å². The smallest absolute Gasteiger partial charge is 0.253 e. The van der Waals surface area contributed by atoms with E-state index in [0.717, 1.165) is 29.5 Å². The van der Waals surface area contributed by atoms with E-state index in [-0.39, 0.29) is 17.9 Å². The average molecular weight is 366 g/mol. The Bertz CT molecular complexity index is 841. The van der Waals surface area contributed by atoms with Crippen LogP contribution in [0.15, 0.2) is 42.5 Å². The van der Waals surface area contributed by atoms with Crippen molar-refractivity contribution >= 4 is 17.5 Å². The summed E-state index contributed by atoms with van der Waals surface area (Å²) in [5, 5.41) is 5.88. The molecule has 0 saturated carbocycles.